The van der Waals surface area contributed by atoms with Crippen LogP contribution in [0.1, 0.15) is 19.8 Å². The van der Waals surface area contributed by atoms with E-state index in [0.717, 1.165) is 23.3 Å². The Balaban J connectivity index is 2.14. The lowest BCUT2D eigenvalue weighted by Crippen LogP contribution is -1.98. The Bertz CT molecular complexity index is 527. The van der Waals surface area contributed by atoms with E-state index in [9.17, 15) is 4.39 Å². The quantitative estimate of drug-likeness (QED) is 0.839. The molecule has 2 N–H and O–H groups in total. The number of thiazole rings is 1. The zero-order valence-corrected chi connectivity index (χ0v) is 11.0. The maximum atomic E-state index is 13.8. The van der Waals surface area contributed by atoms with Gasteiger partial charge < -0.3 is 10.5 Å². The third-order valence-electron chi connectivity index (χ3n) is 2.50. The number of nitrogens with zero attached hydrogens (tertiary/aromatic N) is 1. The molecule has 0 aliphatic carbocycles. The molecule has 0 amide bonds. The van der Waals surface area contributed by atoms with Crippen molar-refractivity contribution in [2.75, 3.05) is 12.3 Å². The monoisotopic (exact) mass is 266 g/mol. The molecule has 0 atom stereocenters. The Morgan fingerprint density at radius 3 is 2.89 bits per heavy atom. The Kier molecular flexibility index (Phi) is 4.15. The summed E-state index contributed by atoms with van der Waals surface area (Å²) in [6.07, 6.45) is 3.60. The molecule has 0 saturated heterocycles. The summed E-state index contributed by atoms with van der Waals surface area (Å²) in [6.45, 7) is 2.61. The summed E-state index contributed by atoms with van der Waals surface area (Å²) in [5.74, 6) is -0.0553. The minimum Gasteiger partial charge on any atom is -0.491 e. The van der Waals surface area contributed by atoms with Crippen LogP contribution in [0, 0.1) is 5.82 Å². The molecule has 2 rings (SSSR count). The third-order valence-corrected chi connectivity index (χ3v) is 3.37. The zero-order chi connectivity index (χ0) is 13.0. The molecule has 0 saturated carbocycles. The van der Waals surface area contributed by atoms with Gasteiger partial charge in [0.15, 0.2) is 16.7 Å². The van der Waals surface area contributed by atoms with Crippen LogP contribution in [0.4, 0.5) is 9.52 Å². The van der Waals surface area contributed by atoms with Gasteiger partial charge in [-0.1, -0.05) is 24.7 Å². The van der Waals surface area contributed by atoms with Crippen molar-refractivity contribution in [3.05, 3.63) is 30.2 Å². The predicted molar refractivity (Wildman–Crippen MR) is 72.3 cm³/mol. The molecule has 2 aromatic rings. The van der Waals surface area contributed by atoms with E-state index >= 15 is 0 Å². The number of nitrogen functional groups attached to an aromatic ring is 1. The highest BCUT2D eigenvalue weighted by molar-refractivity contribution is 7.18. The van der Waals surface area contributed by atoms with Gasteiger partial charge in [-0.25, -0.2) is 9.37 Å². The number of hydrogen-bond acceptors (Lipinski definition) is 4. The molecule has 18 heavy (non-hydrogen) atoms. The largest absolute Gasteiger partial charge is 0.491 e. The van der Waals surface area contributed by atoms with E-state index in [2.05, 4.69) is 11.9 Å². The summed E-state index contributed by atoms with van der Waals surface area (Å²) in [6, 6.07) is 4.92. The van der Waals surface area contributed by atoms with Crippen molar-refractivity contribution in [3.8, 4) is 16.2 Å². The minimum atomic E-state index is -0.351. The first-order chi connectivity index (χ1) is 8.70. The lowest BCUT2D eigenvalue weighted by atomic mass is 10.2. The van der Waals surface area contributed by atoms with Crippen LogP contribution in [0.2, 0.25) is 0 Å². The van der Waals surface area contributed by atoms with Gasteiger partial charge in [0.2, 0.25) is 0 Å². The first-order valence-corrected chi connectivity index (χ1v) is 6.66. The van der Waals surface area contributed by atoms with Crippen LogP contribution >= 0.6 is 11.3 Å². The number of halogens is 1. The molecule has 0 unspecified atom stereocenters. The van der Waals surface area contributed by atoms with E-state index in [4.69, 9.17) is 10.5 Å². The van der Waals surface area contributed by atoms with E-state index in [-0.39, 0.29) is 5.82 Å². The van der Waals surface area contributed by atoms with Crippen molar-refractivity contribution in [2.45, 2.75) is 19.8 Å². The Morgan fingerprint density at radius 1 is 1.44 bits per heavy atom. The Hall–Kier alpha value is -1.62. The van der Waals surface area contributed by atoms with Crippen LogP contribution in [0.3, 0.4) is 0 Å². The summed E-state index contributed by atoms with van der Waals surface area (Å²) >= 11 is 1.34. The molecular formula is C13H15FN2OS. The van der Waals surface area contributed by atoms with E-state index < -0.39 is 0 Å². The molecule has 96 valence electrons. The van der Waals surface area contributed by atoms with Gasteiger partial charge in [0.25, 0.3) is 0 Å². The standard InChI is InChI=1S/C13H15FN2OS/c1-2-3-6-17-11-5-4-9(7-10(11)14)12-8-16-13(15)18-12/h4-5,7-8H,2-3,6H2,1H3,(H2,15,16). The fraction of sp³-hybridized carbons (Fsp3) is 0.308. The predicted octanol–water partition coefficient (Wildman–Crippen LogP) is 3.71. The molecule has 5 heteroatoms. The molecule has 1 aromatic heterocycles. The van der Waals surface area contributed by atoms with Gasteiger partial charge in [0, 0.05) is 6.20 Å². The van der Waals surface area contributed by atoms with E-state index in [0.29, 0.717) is 17.5 Å². The van der Waals surface area contributed by atoms with Gasteiger partial charge in [0.1, 0.15) is 0 Å². The molecule has 3 nitrogen and oxygen atoms in total. The van der Waals surface area contributed by atoms with Crippen LogP contribution in [-0.4, -0.2) is 11.6 Å². The lowest BCUT2D eigenvalue weighted by Gasteiger charge is -2.07. The first-order valence-electron chi connectivity index (χ1n) is 5.84. The van der Waals surface area contributed by atoms with Crippen molar-refractivity contribution in [1.29, 1.82) is 0 Å². The van der Waals surface area contributed by atoms with Crippen LogP contribution in [0.25, 0.3) is 10.4 Å². The molecular weight excluding hydrogens is 251 g/mol. The average Bonchev–Trinajstić information content (AvgIpc) is 2.78. The van der Waals surface area contributed by atoms with Crippen molar-refractivity contribution < 1.29 is 9.13 Å². The highest BCUT2D eigenvalue weighted by Gasteiger charge is 2.08. The molecule has 1 aromatic carbocycles. The van der Waals surface area contributed by atoms with Gasteiger partial charge in [-0.2, -0.15) is 0 Å². The molecule has 0 aliphatic rings. The normalized spacial score (nSPS) is 10.6. The van der Waals surface area contributed by atoms with Crippen LogP contribution < -0.4 is 10.5 Å². The fourth-order valence-electron chi connectivity index (χ4n) is 1.52. The van der Waals surface area contributed by atoms with E-state index in [1.54, 1.807) is 12.3 Å². The van der Waals surface area contributed by atoms with Gasteiger partial charge in [-0.3, -0.25) is 0 Å². The van der Waals surface area contributed by atoms with Gasteiger partial charge in [0.05, 0.1) is 11.5 Å². The smallest absolute Gasteiger partial charge is 0.180 e. The van der Waals surface area contributed by atoms with Crippen LogP contribution in [0.15, 0.2) is 24.4 Å². The van der Waals surface area contributed by atoms with Crippen molar-refractivity contribution in [2.24, 2.45) is 0 Å². The summed E-state index contributed by atoms with van der Waals surface area (Å²) in [5.41, 5.74) is 6.32. The third kappa shape index (κ3) is 2.98. The SMILES string of the molecule is CCCCOc1ccc(-c2cnc(N)s2)cc1F. The van der Waals surface area contributed by atoms with E-state index in [1.165, 1.54) is 17.4 Å². The molecule has 0 aliphatic heterocycles. The first kappa shape index (κ1) is 12.8. The highest BCUT2D eigenvalue weighted by Crippen LogP contribution is 2.30. The van der Waals surface area contributed by atoms with Crippen LogP contribution in [-0.2, 0) is 0 Å². The second-order valence-electron chi connectivity index (χ2n) is 3.91. The number of anilines is 1. The number of hydrogen-bond donors (Lipinski definition) is 1. The zero-order valence-electron chi connectivity index (χ0n) is 10.1. The second kappa shape index (κ2) is 5.82. The van der Waals surface area contributed by atoms with Gasteiger partial charge in [-0.05, 0) is 30.2 Å². The number of rotatable bonds is 5. The molecule has 0 spiro atoms. The number of benzene rings is 1. The molecule has 0 bridgehead atoms. The summed E-state index contributed by atoms with van der Waals surface area (Å²) in [7, 11) is 0. The summed E-state index contributed by atoms with van der Waals surface area (Å²) < 4.78 is 19.2. The van der Waals surface area contributed by atoms with Gasteiger partial charge >= 0.3 is 0 Å². The van der Waals surface area contributed by atoms with Crippen molar-refractivity contribution in [3.63, 3.8) is 0 Å². The number of unbranched alkanes of at least 4 members (excludes halogenated alkanes) is 1. The fourth-order valence-corrected chi connectivity index (χ4v) is 2.20. The molecule has 0 radical (unpaired) electrons. The maximum Gasteiger partial charge on any atom is 0.180 e. The number of nitrogens with two attached hydrogens (primary N) is 1. The Labute approximate surface area is 109 Å². The lowest BCUT2D eigenvalue weighted by molar-refractivity contribution is 0.294. The number of aromatic nitrogens is 1. The minimum absolute atomic E-state index is 0.296. The molecule has 0 fully saturated rings. The maximum absolute atomic E-state index is 13.8. The summed E-state index contributed by atoms with van der Waals surface area (Å²) in [4.78, 5) is 4.80. The topological polar surface area (TPSA) is 48.1 Å². The van der Waals surface area contributed by atoms with Gasteiger partial charge in [-0.15, -0.1) is 0 Å². The summed E-state index contributed by atoms with van der Waals surface area (Å²) in [5, 5.41) is 0.480. The van der Waals surface area contributed by atoms with Crippen LogP contribution in [0.5, 0.6) is 5.75 Å². The Morgan fingerprint density at radius 2 is 2.28 bits per heavy atom. The van der Waals surface area contributed by atoms with Crippen molar-refractivity contribution >= 4 is 16.5 Å². The van der Waals surface area contributed by atoms with E-state index in [1.807, 2.05) is 6.07 Å². The number of ether oxygens (including phenoxy) is 1. The second-order valence-corrected chi connectivity index (χ2v) is 4.97. The molecule has 1 heterocycles. The van der Waals surface area contributed by atoms with Crippen molar-refractivity contribution in [1.82, 2.24) is 4.98 Å². The average molecular weight is 266 g/mol. The highest BCUT2D eigenvalue weighted by atomic mass is 32.1.